The molecule has 1 unspecified atom stereocenters. The lowest BCUT2D eigenvalue weighted by molar-refractivity contribution is 0.187. The number of pyridine rings is 1. The normalized spacial score (nSPS) is 14.0. The Labute approximate surface area is 118 Å². The van der Waals surface area contributed by atoms with E-state index in [2.05, 4.69) is 10.3 Å². The second kappa shape index (κ2) is 6.70. The van der Waals surface area contributed by atoms with E-state index in [1.165, 1.54) is 0 Å². The van der Waals surface area contributed by atoms with Crippen molar-refractivity contribution in [1.29, 1.82) is 0 Å². The number of rotatable bonds is 6. The number of aliphatic hydroxyl groups excluding tert-OH is 1. The Morgan fingerprint density at radius 1 is 1.16 bits per heavy atom. The summed E-state index contributed by atoms with van der Waals surface area (Å²) < 4.78 is 0. The molecule has 1 aromatic carbocycles. The van der Waals surface area contributed by atoms with Crippen molar-refractivity contribution in [3.63, 3.8) is 0 Å². The van der Waals surface area contributed by atoms with E-state index in [9.17, 15) is 5.11 Å². The van der Waals surface area contributed by atoms with Crippen LogP contribution in [-0.2, 0) is 5.54 Å². The molecule has 1 aromatic heterocycles. The van der Waals surface area contributed by atoms with Crippen LogP contribution in [-0.4, -0.2) is 29.5 Å². The summed E-state index contributed by atoms with van der Waals surface area (Å²) in [5.41, 5.74) is 0.677. The number of likely N-dealkylation sites (N-methyl/N-ethyl adjacent to an activating group) is 1. The van der Waals surface area contributed by atoms with E-state index in [4.69, 9.17) is 0 Å². The van der Waals surface area contributed by atoms with Crippen LogP contribution in [0.2, 0.25) is 0 Å². The molecule has 0 amide bonds. The third-order valence-electron chi connectivity index (χ3n) is 3.21. The molecule has 0 radical (unpaired) electrons. The largest absolute Gasteiger partial charge is 0.394 e. The van der Waals surface area contributed by atoms with E-state index >= 15 is 0 Å². The highest BCUT2D eigenvalue weighted by Gasteiger charge is 2.29. The predicted molar refractivity (Wildman–Crippen MR) is 79.2 cm³/mol. The lowest BCUT2D eigenvalue weighted by atomic mass is 9.93. The molecule has 0 aliphatic rings. The maximum Gasteiger partial charge on any atom is 0.0761 e. The van der Waals surface area contributed by atoms with Gasteiger partial charge in [0.15, 0.2) is 0 Å². The quantitative estimate of drug-likeness (QED) is 0.793. The van der Waals surface area contributed by atoms with Gasteiger partial charge in [0.25, 0.3) is 0 Å². The predicted octanol–water partition coefficient (Wildman–Crippen LogP) is 2.28. The van der Waals surface area contributed by atoms with Gasteiger partial charge in [-0.1, -0.05) is 30.3 Å². The zero-order chi connectivity index (χ0) is 13.6. The van der Waals surface area contributed by atoms with Gasteiger partial charge in [-0.3, -0.25) is 4.98 Å². The van der Waals surface area contributed by atoms with Crippen LogP contribution in [0.3, 0.4) is 0 Å². The molecule has 3 nitrogen and oxygen atoms in total. The van der Waals surface area contributed by atoms with Crippen LogP contribution in [0.5, 0.6) is 0 Å². The number of aromatic nitrogens is 1. The first-order valence-electron chi connectivity index (χ1n) is 6.19. The fourth-order valence-electron chi connectivity index (χ4n) is 1.91. The minimum atomic E-state index is -0.421. The third kappa shape index (κ3) is 3.35. The second-order valence-electron chi connectivity index (χ2n) is 4.33. The number of nitrogens with zero attached hydrogens (tertiary/aromatic N) is 1. The minimum absolute atomic E-state index is 0.0611. The van der Waals surface area contributed by atoms with Crippen LogP contribution in [0.4, 0.5) is 0 Å². The van der Waals surface area contributed by atoms with Gasteiger partial charge >= 0.3 is 0 Å². The Morgan fingerprint density at radius 2 is 1.84 bits per heavy atom. The molecule has 19 heavy (non-hydrogen) atoms. The van der Waals surface area contributed by atoms with Crippen LogP contribution in [0.15, 0.2) is 59.8 Å². The molecule has 0 fully saturated rings. The fourth-order valence-corrected chi connectivity index (χ4v) is 3.04. The van der Waals surface area contributed by atoms with Crippen molar-refractivity contribution in [3.05, 3.63) is 60.4 Å². The molecule has 0 aliphatic carbocycles. The minimum Gasteiger partial charge on any atom is -0.394 e. The molecule has 2 aromatic rings. The molecule has 2 N–H and O–H groups in total. The summed E-state index contributed by atoms with van der Waals surface area (Å²) in [5, 5.41) is 13.1. The van der Waals surface area contributed by atoms with E-state index in [0.29, 0.717) is 0 Å². The molecular formula is C15H18N2OS. The highest BCUT2D eigenvalue weighted by Crippen LogP contribution is 2.29. The maximum atomic E-state index is 9.82. The molecule has 0 bridgehead atoms. The van der Waals surface area contributed by atoms with Crippen molar-refractivity contribution in [2.75, 3.05) is 19.4 Å². The SMILES string of the molecule is CNC(CO)(CSc1ccncc1)c1ccccc1. The molecule has 1 heterocycles. The van der Waals surface area contributed by atoms with E-state index < -0.39 is 5.54 Å². The molecule has 0 spiro atoms. The van der Waals surface area contributed by atoms with Crippen LogP contribution < -0.4 is 5.32 Å². The van der Waals surface area contributed by atoms with Gasteiger partial charge in [0, 0.05) is 23.0 Å². The highest BCUT2D eigenvalue weighted by molar-refractivity contribution is 7.99. The van der Waals surface area contributed by atoms with Gasteiger partial charge in [-0.15, -0.1) is 11.8 Å². The lowest BCUT2D eigenvalue weighted by Gasteiger charge is -2.32. The Balaban J connectivity index is 2.16. The topological polar surface area (TPSA) is 45.1 Å². The second-order valence-corrected chi connectivity index (χ2v) is 5.38. The first kappa shape index (κ1) is 14.1. The van der Waals surface area contributed by atoms with Gasteiger partial charge in [0.2, 0.25) is 0 Å². The molecule has 4 heteroatoms. The van der Waals surface area contributed by atoms with Crippen molar-refractivity contribution < 1.29 is 5.11 Å². The summed E-state index contributed by atoms with van der Waals surface area (Å²) >= 11 is 1.71. The van der Waals surface area contributed by atoms with Crippen molar-refractivity contribution in [3.8, 4) is 0 Å². The first-order chi connectivity index (χ1) is 9.30. The zero-order valence-electron chi connectivity index (χ0n) is 10.9. The fraction of sp³-hybridized carbons (Fsp3) is 0.267. The molecule has 1 atom stereocenters. The molecular weight excluding hydrogens is 256 g/mol. The Hall–Kier alpha value is -1.36. The third-order valence-corrected chi connectivity index (χ3v) is 4.45. The van der Waals surface area contributed by atoms with Gasteiger partial charge in [0.1, 0.15) is 0 Å². The molecule has 2 rings (SSSR count). The van der Waals surface area contributed by atoms with E-state index in [1.54, 1.807) is 24.2 Å². The van der Waals surface area contributed by atoms with Crippen LogP contribution >= 0.6 is 11.8 Å². The standard InChI is InChI=1S/C15H18N2OS/c1-16-15(11-18,13-5-3-2-4-6-13)12-19-14-7-9-17-10-8-14/h2-10,16,18H,11-12H2,1H3. The van der Waals surface area contributed by atoms with E-state index in [1.807, 2.05) is 49.5 Å². The zero-order valence-corrected chi connectivity index (χ0v) is 11.7. The van der Waals surface area contributed by atoms with Crippen molar-refractivity contribution in [2.24, 2.45) is 0 Å². The van der Waals surface area contributed by atoms with Crippen molar-refractivity contribution in [2.45, 2.75) is 10.4 Å². The number of hydrogen-bond donors (Lipinski definition) is 2. The number of thioether (sulfide) groups is 1. The van der Waals surface area contributed by atoms with E-state index in [0.717, 1.165) is 16.2 Å². The lowest BCUT2D eigenvalue weighted by Crippen LogP contribution is -2.45. The summed E-state index contributed by atoms with van der Waals surface area (Å²) in [6.45, 7) is 0.0611. The molecule has 100 valence electrons. The van der Waals surface area contributed by atoms with Gasteiger partial charge in [-0.25, -0.2) is 0 Å². The van der Waals surface area contributed by atoms with Gasteiger partial charge in [0.05, 0.1) is 12.1 Å². The number of benzene rings is 1. The van der Waals surface area contributed by atoms with Gasteiger partial charge in [-0.05, 0) is 24.7 Å². The number of aliphatic hydroxyl groups is 1. The maximum absolute atomic E-state index is 9.82. The van der Waals surface area contributed by atoms with Crippen LogP contribution in [0.1, 0.15) is 5.56 Å². The molecule has 0 saturated carbocycles. The summed E-state index contributed by atoms with van der Waals surface area (Å²) in [7, 11) is 1.89. The molecule has 0 saturated heterocycles. The first-order valence-corrected chi connectivity index (χ1v) is 7.17. The number of hydrogen-bond acceptors (Lipinski definition) is 4. The van der Waals surface area contributed by atoms with Crippen molar-refractivity contribution >= 4 is 11.8 Å². The summed E-state index contributed by atoms with van der Waals surface area (Å²) in [4.78, 5) is 5.16. The average molecular weight is 274 g/mol. The van der Waals surface area contributed by atoms with Crippen LogP contribution in [0, 0.1) is 0 Å². The molecule has 0 aliphatic heterocycles. The Kier molecular flexibility index (Phi) is 4.96. The Morgan fingerprint density at radius 3 is 2.42 bits per heavy atom. The van der Waals surface area contributed by atoms with Gasteiger partial charge in [-0.2, -0.15) is 0 Å². The highest BCUT2D eigenvalue weighted by atomic mass is 32.2. The average Bonchev–Trinajstić information content (AvgIpc) is 2.51. The van der Waals surface area contributed by atoms with Crippen LogP contribution in [0.25, 0.3) is 0 Å². The van der Waals surface area contributed by atoms with Gasteiger partial charge < -0.3 is 10.4 Å². The summed E-state index contributed by atoms with van der Waals surface area (Å²) in [6.07, 6.45) is 3.57. The summed E-state index contributed by atoms with van der Waals surface area (Å²) in [5.74, 6) is 0.758. The van der Waals surface area contributed by atoms with Crippen molar-refractivity contribution in [1.82, 2.24) is 10.3 Å². The monoisotopic (exact) mass is 274 g/mol. The van der Waals surface area contributed by atoms with E-state index in [-0.39, 0.29) is 6.61 Å². The smallest absolute Gasteiger partial charge is 0.0761 e. The summed E-state index contributed by atoms with van der Waals surface area (Å²) in [6, 6.07) is 14.0. The number of nitrogens with one attached hydrogen (secondary N) is 1. The Bertz CT molecular complexity index is 486.